The third-order valence-electron chi connectivity index (χ3n) is 4.92. The van der Waals surface area contributed by atoms with Crippen LogP contribution in [-0.4, -0.2) is 23.5 Å². The SMILES string of the molecule is Cc1cc(C#N)ccc1-c1ccnc(N2NC(NC=O)=NC2Cc2ccccc2)c1. The van der Waals surface area contributed by atoms with Crippen molar-refractivity contribution >= 4 is 18.2 Å². The van der Waals surface area contributed by atoms with Crippen molar-refractivity contribution in [3.8, 4) is 17.2 Å². The van der Waals surface area contributed by atoms with Gasteiger partial charge in [0, 0.05) is 12.6 Å². The summed E-state index contributed by atoms with van der Waals surface area (Å²) in [6.45, 7) is 1.98. The fourth-order valence-electron chi connectivity index (χ4n) is 3.50. The van der Waals surface area contributed by atoms with Crippen LogP contribution in [0.3, 0.4) is 0 Å². The van der Waals surface area contributed by atoms with E-state index in [0.29, 0.717) is 30.2 Å². The number of hydrazine groups is 1. The van der Waals surface area contributed by atoms with Crippen molar-refractivity contribution in [1.29, 1.82) is 5.26 Å². The van der Waals surface area contributed by atoms with Gasteiger partial charge in [-0.3, -0.25) is 15.5 Å². The lowest BCUT2D eigenvalue weighted by Gasteiger charge is -2.24. The molecule has 0 bridgehead atoms. The topological polar surface area (TPSA) is 93.4 Å². The van der Waals surface area contributed by atoms with E-state index in [0.717, 1.165) is 22.3 Å². The van der Waals surface area contributed by atoms with Crippen LogP contribution in [0.1, 0.15) is 16.7 Å². The van der Waals surface area contributed by atoms with Gasteiger partial charge in [-0.15, -0.1) is 0 Å². The Hall–Kier alpha value is -4.18. The predicted molar refractivity (Wildman–Crippen MR) is 115 cm³/mol. The highest BCUT2D eigenvalue weighted by atomic mass is 16.1. The summed E-state index contributed by atoms with van der Waals surface area (Å²) in [4.78, 5) is 20.0. The van der Waals surface area contributed by atoms with Crippen molar-refractivity contribution < 1.29 is 4.79 Å². The number of pyridine rings is 1. The Balaban J connectivity index is 1.66. The summed E-state index contributed by atoms with van der Waals surface area (Å²) in [5.41, 5.74) is 7.92. The number of carbonyl (C=O) groups is 1. The second-order valence-electron chi connectivity index (χ2n) is 6.94. The van der Waals surface area contributed by atoms with Crippen LogP contribution in [0.25, 0.3) is 11.1 Å². The van der Waals surface area contributed by atoms with Crippen LogP contribution in [0.4, 0.5) is 5.82 Å². The standard InChI is InChI=1S/C23H20N6O/c1-16-11-18(14-24)7-8-20(16)19-9-10-25-21(13-19)29-22(27-23(28-29)26-15-30)12-17-5-3-2-4-6-17/h2-11,13,15,22H,12H2,1H3,(H2,26,27,28,30). The molecule has 1 aliphatic heterocycles. The maximum absolute atomic E-state index is 10.9. The number of amides is 1. The van der Waals surface area contributed by atoms with Gasteiger partial charge in [-0.2, -0.15) is 5.26 Å². The third-order valence-corrected chi connectivity index (χ3v) is 4.92. The van der Waals surface area contributed by atoms with Gasteiger partial charge in [0.15, 0.2) is 0 Å². The molecule has 1 unspecified atom stereocenters. The fraction of sp³-hybridized carbons (Fsp3) is 0.130. The summed E-state index contributed by atoms with van der Waals surface area (Å²) in [5.74, 6) is 1.07. The predicted octanol–water partition coefficient (Wildman–Crippen LogP) is 2.92. The molecule has 4 rings (SSSR count). The maximum Gasteiger partial charge on any atom is 0.219 e. The number of aryl methyl sites for hydroxylation is 1. The van der Waals surface area contributed by atoms with Crippen LogP contribution in [-0.2, 0) is 11.2 Å². The van der Waals surface area contributed by atoms with E-state index in [1.165, 1.54) is 0 Å². The van der Waals surface area contributed by atoms with E-state index >= 15 is 0 Å². The minimum atomic E-state index is -0.264. The lowest BCUT2D eigenvalue weighted by Crippen LogP contribution is -2.46. The lowest BCUT2D eigenvalue weighted by molar-refractivity contribution is -0.108. The maximum atomic E-state index is 10.9. The summed E-state index contributed by atoms with van der Waals surface area (Å²) in [5, 5.41) is 13.5. The summed E-state index contributed by atoms with van der Waals surface area (Å²) in [6.07, 6.45) is 2.73. The number of aromatic nitrogens is 1. The molecular formula is C23H20N6O. The van der Waals surface area contributed by atoms with E-state index in [4.69, 9.17) is 5.26 Å². The van der Waals surface area contributed by atoms with Crippen LogP contribution in [0, 0.1) is 18.3 Å². The monoisotopic (exact) mass is 396 g/mol. The Morgan fingerprint density at radius 3 is 2.77 bits per heavy atom. The largest absolute Gasteiger partial charge is 0.298 e. The van der Waals surface area contributed by atoms with E-state index in [2.05, 4.69) is 26.8 Å². The molecule has 2 heterocycles. The average molecular weight is 396 g/mol. The molecule has 0 fully saturated rings. The number of benzene rings is 2. The number of hydrogen-bond donors (Lipinski definition) is 2. The van der Waals surface area contributed by atoms with E-state index in [-0.39, 0.29) is 6.17 Å². The van der Waals surface area contributed by atoms with Gasteiger partial charge in [0.05, 0.1) is 11.6 Å². The Morgan fingerprint density at radius 2 is 2.03 bits per heavy atom. The van der Waals surface area contributed by atoms with Gasteiger partial charge in [-0.1, -0.05) is 36.4 Å². The van der Waals surface area contributed by atoms with Crippen molar-refractivity contribution in [2.24, 2.45) is 4.99 Å². The smallest absolute Gasteiger partial charge is 0.219 e. The number of nitriles is 1. The molecule has 0 saturated heterocycles. The van der Waals surface area contributed by atoms with Gasteiger partial charge in [-0.25, -0.2) is 15.0 Å². The molecule has 0 saturated carbocycles. The molecule has 3 aromatic rings. The normalized spacial score (nSPS) is 15.1. The van der Waals surface area contributed by atoms with Gasteiger partial charge in [-0.05, 0) is 53.4 Å². The number of hydrogen-bond acceptors (Lipinski definition) is 6. The van der Waals surface area contributed by atoms with Gasteiger partial charge < -0.3 is 0 Å². The second-order valence-corrected chi connectivity index (χ2v) is 6.94. The Kier molecular flexibility index (Phi) is 5.39. The molecule has 2 N–H and O–H groups in total. The molecular weight excluding hydrogens is 376 g/mol. The van der Waals surface area contributed by atoms with E-state index < -0.39 is 0 Å². The number of anilines is 1. The molecule has 2 aromatic carbocycles. The van der Waals surface area contributed by atoms with E-state index in [1.807, 2.05) is 72.6 Å². The first-order valence-corrected chi connectivity index (χ1v) is 9.53. The van der Waals surface area contributed by atoms with Crippen molar-refractivity contribution in [2.75, 3.05) is 5.01 Å². The quantitative estimate of drug-likeness (QED) is 0.647. The van der Waals surface area contributed by atoms with Crippen LogP contribution >= 0.6 is 0 Å². The van der Waals surface area contributed by atoms with E-state index in [9.17, 15) is 4.79 Å². The van der Waals surface area contributed by atoms with Crippen molar-refractivity contribution in [1.82, 2.24) is 15.7 Å². The number of nitrogens with one attached hydrogen (secondary N) is 2. The molecule has 1 aromatic heterocycles. The van der Waals surface area contributed by atoms with Crippen LogP contribution in [0.5, 0.6) is 0 Å². The molecule has 0 radical (unpaired) electrons. The summed E-state index contributed by atoms with van der Waals surface area (Å²) in [6, 6.07) is 21.7. The highest BCUT2D eigenvalue weighted by Gasteiger charge is 2.28. The molecule has 0 spiro atoms. The van der Waals surface area contributed by atoms with Gasteiger partial charge in [0.1, 0.15) is 12.0 Å². The minimum absolute atomic E-state index is 0.264. The molecule has 1 atom stereocenters. The number of carbonyl (C=O) groups excluding carboxylic acids is 1. The van der Waals surface area contributed by atoms with Crippen LogP contribution in [0.2, 0.25) is 0 Å². The summed E-state index contributed by atoms with van der Waals surface area (Å²) in [7, 11) is 0. The first kappa shape index (κ1) is 19.2. The van der Waals surface area contributed by atoms with Gasteiger partial charge in [0.2, 0.25) is 12.4 Å². The van der Waals surface area contributed by atoms with Crippen molar-refractivity contribution in [3.05, 3.63) is 83.6 Å². The average Bonchev–Trinajstić information content (AvgIpc) is 3.17. The van der Waals surface area contributed by atoms with Crippen molar-refractivity contribution in [3.63, 3.8) is 0 Å². The zero-order valence-electron chi connectivity index (χ0n) is 16.4. The molecule has 1 aliphatic rings. The Labute approximate surface area is 174 Å². The van der Waals surface area contributed by atoms with Crippen LogP contribution < -0.4 is 15.8 Å². The second kappa shape index (κ2) is 8.45. The van der Waals surface area contributed by atoms with Crippen LogP contribution in [0.15, 0.2) is 71.9 Å². The minimum Gasteiger partial charge on any atom is -0.298 e. The highest BCUT2D eigenvalue weighted by Crippen LogP contribution is 2.28. The zero-order valence-corrected chi connectivity index (χ0v) is 16.4. The number of guanidine groups is 1. The molecule has 7 heteroatoms. The first-order chi connectivity index (χ1) is 14.7. The summed E-state index contributed by atoms with van der Waals surface area (Å²) >= 11 is 0. The molecule has 1 amide bonds. The molecule has 0 aliphatic carbocycles. The first-order valence-electron chi connectivity index (χ1n) is 9.53. The lowest BCUT2D eigenvalue weighted by atomic mass is 9.99. The number of rotatable bonds is 5. The highest BCUT2D eigenvalue weighted by molar-refractivity contribution is 5.91. The summed E-state index contributed by atoms with van der Waals surface area (Å²) < 4.78 is 0. The Bertz CT molecular complexity index is 1140. The Morgan fingerprint density at radius 1 is 1.20 bits per heavy atom. The fourth-order valence-corrected chi connectivity index (χ4v) is 3.50. The molecule has 30 heavy (non-hydrogen) atoms. The molecule has 148 valence electrons. The third kappa shape index (κ3) is 3.98. The van der Waals surface area contributed by atoms with Gasteiger partial charge >= 0.3 is 0 Å². The number of nitrogens with zero attached hydrogens (tertiary/aromatic N) is 4. The number of aliphatic imine (C=N–C) groups is 1. The van der Waals surface area contributed by atoms with Gasteiger partial charge in [0.25, 0.3) is 0 Å². The molecule has 7 nitrogen and oxygen atoms in total. The zero-order chi connectivity index (χ0) is 20.9. The van der Waals surface area contributed by atoms with Crippen molar-refractivity contribution in [2.45, 2.75) is 19.5 Å². The van der Waals surface area contributed by atoms with E-state index in [1.54, 1.807) is 6.20 Å².